The second-order valence-corrected chi connectivity index (χ2v) is 9.96. The van der Waals surface area contributed by atoms with Gasteiger partial charge in [0.1, 0.15) is 23.8 Å². The molecule has 0 saturated carbocycles. The highest BCUT2D eigenvalue weighted by Gasteiger charge is 2.24. The van der Waals surface area contributed by atoms with E-state index in [0.717, 1.165) is 22.4 Å². The van der Waals surface area contributed by atoms with Gasteiger partial charge in [0.05, 0.1) is 0 Å². The van der Waals surface area contributed by atoms with E-state index in [0.29, 0.717) is 0 Å². The first-order chi connectivity index (χ1) is 15.7. The lowest BCUT2D eigenvalue weighted by Crippen LogP contribution is -2.44. The summed E-state index contributed by atoms with van der Waals surface area (Å²) in [5.41, 5.74) is 2.14. The van der Waals surface area contributed by atoms with Gasteiger partial charge < -0.3 is 25.2 Å². The lowest BCUT2D eigenvalue weighted by Gasteiger charge is -2.22. The number of benzene rings is 2. The van der Waals surface area contributed by atoms with Crippen LogP contribution in [-0.4, -0.2) is 46.9 Å². The monoisotopic (exact) mass is 470 g/mol. The molecule has 2 aromatic rings. The minimum atomic E-state index is -1.14. The van der Waals surface area contributed by atoms with Gasteiger partial charge in [0.25, 0.3) is 0 Å². The van der Waals surface area contributed by atoms with Crippen molar-refractivity contribution in [3.05, 3.63) is 54.1 Å². The molecule has 0 radical (unpaired) electrons. The number of nitrogens with one attached hydrogen (secondary N) is 2. The van der Waals surface area contributed by atoms with E-state index in [4.69, 9.17) is 9.47 Å². The lowest BCUT2D eigenvalue weighted by molar-refractivity contribution is -0.152. The Hall–Kier alpha value is -3.55. The van der Waals surface area contributed by atoms with E-state index in [9.17, 15) is 19.5 Å². The fourth-order valence-electron chi connectivity index (χ4n) is 3.08. The van der Waals surface area contributed by atoms with Crippen LogP contribution in [0.4, 0.5) is 10.5 Å². The average molecular weight is 471 g/mol. The fraction of sp³-hybridized carbons (Fsp3) is 0.423. The Morgan fingerprint density at radius 3 is 2.06 bits per heavy atom. The van der Waals surface area contributed by atoms with E-state index >= 15 is 0 Å². The van der Waals surface area contributed by atoms with Crippen molar-refractivity contribution in [2.24, 2.45) is 0 Å². The van der Waals surface area contributed by atoms with Crippen LogP contribution in [0.1, 0.15) is 47.1 Å². The number of rotatable bonds is 8. The molecule has 0 heterocycles. The molecule has 8 heteroatoms. The molecule has 2 aromatic carbocycles. The van der Waals surface area contributed by atoms with Crippen LogP contribution in [0.5, 0.6) is 0 Å². The number of carboxylic acids is 1. The summed E-state index contributed by atoms with van der Waals surface area (Å²) in [5.74, 6) is -1.48. The number of carbonyl (C=O) groups is 3. The van der Waals surface area contributed by atoms with Crippen LogP contribution in [-0.2, 0) is 25.5 Å². The van der Waals surface area contributed by atoms with Gasteiger partial charge in [-0.15, -0.1) is 0 Å². The smallest absolute Gasteiger partial charge is 0.408 e. The Kier molecular flexibility index (Phi) is 8.68. The summed E-state index contributed by atoms with van der Waals surface area (Å²) in [6.45, 7) is 10.7. The second kappa shape index (κ2) is 11.0. The van der Waals surface area contributed by atoms with Gasteiger partial charge in [-0.2, -0.15) is 0 Å². The SMILES string of the molecule is CC(C)(C)OC(=O)CNc1cccc(-c2ccc(C[C@H](NC(=O)OC(C)(C)C)C(=O)O)cc2)c1. The molecule has 8 nitrogen and oxygen atoms in total. The Morgan fingerprint density at radius 2 is 1.50 bits per heavy atom. The van der Waals surface area contributed by atoms with E-state index in [1.807, 2.05) is 69.3 Å². The van der Waals surface area contributed by atoms with Gasteiger partial charge in [-0.25, -0.2) is 9.59 Å². The topological polar surface area (TPSA) is 114 Å². The van der Waals surface area contributed by atoms with Gasteiger partial charge in [-0.1, -0.05) is 36.4 Å². The first-order valence-corrected chi connectivity index (χ1v) is 11.1. The van der Waals surface area contributed by atoms with Gasteiger partial charge in [0.2, 0.25) is 0 Å². The zero-order chi connectivity index (χ0) is 25.5. The van der Waals surface area contributed by atoms with Crippen LogP contribution in [0, 0.1) is 0 Å². The average Bonchev–Trinajstić information content (AvgIpc) is 2.70. The molecule has 0 fully saturated rings. The van der Waals surface area contributed by atoms with Crippen molar-refractivity contribution in [2.45, 2.75) is 65.2 Å². The predicted octanol–water partition coefficient (Wildman–Crippen LogP) is 4.63. The normalized spacial score (nSPS) is 12.4. The van der Waals surface area contributed by atoms with Crippen molar-refractivity contribution in [3.63, 3.8) is 0 Å². The van der Waals surface area contributed by atoms with Gasteiger partial charge >= 0.3 is 18.0 Å². The van der Waals surface area contributed by atoms with Gasteiger partial charge in [0, 0.05) is 12.1 Å². The highest BCUT2D eigenvalue weighted by atomic mass is 16.6. The molecular weight excluding hydrogens is 436 g/mol. The summed E-state index contributed by atoms with van der Waals surface area (Å²) in [6.07, 6.45) is -0.654. The molecule has 1 amide bonds. The fourth-order valence-corrected chi connectivity index (χ4v) is 3.08. The summed E-state index contributed by atoms with van der Waals surface area (Å²) < 4.78 is 10.5. The van der Waals surface area contributed by atoms with Crippen molar-refractivity contribution in [2.75, 3.05) is 11.9 Å². The number of alkyl carbamates (subject to hydrolysis) is 1. The molecule has 0 bridgehead atoms. The number of carboxylic acid groups (broad SMARTS) is 1. The third kappa shape index (κ3) is 9.52. The summed E-state index contributed by atoms with van der Waals surface area (Å²) >= 11 is 0. The van der Waals surface area contributed by atoms with E-state index < -0.39 is 29.3 Å². The molecule has 3 N–H and O–H groups in total. The molecule has 0 unspecified atom stereocenters. The zero-order valence-corrected chi connectivity index (χ0v) is 20.6. The number of amides is 1. The Morgan fingerprint density at radius 1 is 0.882 bits per heavy atom. The minimum Gasteiger partial charge on any atom is -0.480 e. The number of hydrogen-bond acceptors (Lipinski definition) is 6. The molecule has 0 aromatic heterocycles. The van der Waals surface area contributed by atoms with Crippen LogP contribution in [0.25, 0.3) is 11.1 Å². The first kappa shape index (κ1) is 26.7. The second-order valence-electron chi connectivity index (χ2n) is 9.96. The van der Waals surface area contributed by atoms with Crippen molar-refractivity contribution >= 4 is 23.7 Å². The molecule has 2 rings (SSSR count). The summed E-state index contributed by atoms with van der Waals surface area (Å²) in [4.78, 5) is 35.5. The molecular formula is C26H34N2O6. The summed E-state index contributed by atoms with van der Waals surface area (Å²) in [7, 11) is 0. The van der Waals surface area contributed by atoms with Crippen LogP contribution in [0.2, 0.25) is 0 Å². The highest BCUT2D eigenvalue weighted by Crippen LogP contribution is 2.23. The first-order valence-electron chi connectivity index (χ1n) is 11.1. The third-order valence-corrected chi connectivity index (χ3v) is 4.44. The van der Waals surface area contributed by atoms with E-state index in [1.165, 1.54) is 0 Å². The number of carbonyl (C=O) groups excluding carboxylic acids is 2. The van der Waals surface area contributed by atoms with Gasteiger partial charge in [-0.3, -0.25) is 4.79 Å². The van der Waals surface area contributed by atoms with Crippen LogP contribution in [0.3, 0.4) is 0 Å². The largest absolute Gasteiger partial charge is 0.480 e. The molecule has 0 aliphatic heterocycles. The molecule has 0 aliphatic carbocycles. The van der Waals surface area contributed by atoms with Gasteiger partial charge in [0.15, 0.2) is 0 Å². The van der Waals surface area contributed by atoms with E-state index in [2.05, 4.69) is 10.6 Å². The van der Waals surface area contributed by atoms with Crippen molar-refractivity contribution in [1.82, 2.24) is 5.32 Å². The van der Waals surface area contributed by atoms with E-state index in [1.54, 1.807) is 20.8 Å². The van der Waals surface area contributed by atoms with Crippen LogP contribution < -0.4 is 10.6 Å². The minimum absolute atomic E-state index is 0.0564. The van der Waals surface area contributed by atoms with Gasteiger partial charge in [-0.05, 0) is 70.4 Å². The molecule has 1 atom stereocenters. The zero-order valence-electron chi connectivity index (χ0n) is 20.6. The summed E-state index contributed by atoms with van der Waals surface area (Å²) in [6, 6.07) is 13.9. The van der Waals surface area contributed by atoms with Crippen LogP contribution in [0.15, 0.2) is 48.5 Å². The Labute approximate surface area is 200 Å². The lowest BCUT2D eigenvalue weighted by atomic mass is 10.0. The third-order valence-electron chi connectivity index (χ3n) is 4.44. The standard InChI is InChI=1S/C26H34N2O6/c1-25(2,3)33-22(29)16-27-20-9-7-8-19(15-20)18-12-10-17(11-13-18)14-21(23(30)31)28-24(32)34-26(4,5)6/h7-13,15,21,27H,14,16H2,1-6H3,(H,28,32)(H,30,31)/t21-/m0/s1. The number of hydrogen-bond donors (Lipinski definition) is 3. The molecule has 0 saturated heterocycles. The molecule has 34 heavy (non-hydrogen) atoms. The number of ether oxygens (including phenoxy) is 2. The highest BCUT2D eigenvalue weighted by molar-refractivity contribution is 5.80. The maximum Gasteiger partial charge on any atom is 0.408 e. The number of esters is 1. The predicted molar refractivity (Wildman–Crippen MR) is 131 cm³/mol. The Balaban J connectivity index is 2.03. The molecule has 184 valence electrons. The van der Waals surface area contributed by atoms with Crippen LogP contribution >= 0.6 is 0 Å². The van der Waals surface area contributed by atoms with Crippen molar-refractivity contribution < 1.29 is 29.0 Å². The number of anilines is 1. The summed E-state index contributed by atoms with van der Waals surface area (Å²) in [5, 5.41) is 15.0. The number of aliphatic carboxylic acids is 1. The quantitative estimate of drug-likeness (QED) is 0.482. The van der Waals surface area contributed by atoms with Crippen molar-refractivity contribution in [1.29, 1.82) is 0 Å². The maximum absolute atomic E-state index is 12.0. The molecule has 0 spiro atoms. The van der Waals surface area contributed by atoms with Crippen molar-refractivity contribution in [3.8, 4) is 11.1 Å². The maximum atomic E-state index is 12.0. The van der Waals surface area contributed by atoms with E-state index in [-0.39, 0.29) is 18.9 Å². The molecule has 0 aliphatic rings. The Bertz CT molecular complexity index is 1000.